The highest BCUT2D eigenvalue weighted by atomic mass is 16.5. The number of ether oxygens (including phenoxy) is 1. The van der Waals surface area contributed by atoms with Crippen LogP contribution in [0.1, 0.15) is 20.3 Å². The zero-order valence-corrected chi connectivity index (χ0v) is 8.12. The summed E-state index contributed by atoms with van der Waals surface area (Å²) >= 11 is 0. The fourth-order valence-electron chi connectivity index (χ4n) is 1.69. The summed E-state index contributed by atoms with van der Waals surface area (Å²) in [5, 5.41) is 0. The molecule has 1 aliphatic rings. The van der Waals surface area contributed by atoms with E-state index in [-0.39, 0.29) is 0 Å². The lowest BCUT2D eigenvalue weighted by molar-refractivity contribution is -0.0224. The molecule has 3 nitrogen and oxygen atoms in total. The van der Waals surface area contributed by atoms with E-state index in [1.807, 2.05) is 0 Å². The van der Waals surface area contributed by atoms with Crippen LogP contribution in [0.15, 0.2) is 0 Å². The van der Waals surface area contributed by atoms with Gasteiger partial charge in [0.05, 0.1) is 13.2 Å². The van der Waals surface area contributed by atoms with Crippen LogP contribution in [0, 0.1) is 0 Å². The number of nitrogens with zero attached hydrogens (tertiary/aromatic N) is 1. The molecular weight excluding hydrogens is 152 g/mol. The van der Waals surface area contributed by atoms with Crippen molar-refractivity contribution in [2.75, 3.05) is 26.3 Å². The van der Waals surface area contributed by atoms with Gasteiger partial charge in [-0.1, -0.05) is 6.92 Å². The summed E-state index contributed by atoms with van der Waals surface area (Å²) in [6.45, 7) is 7.89. The molecule has 2 unspecified atom stereocenters. The van der Waals surface area contributed by atoms with Crippen molar-refractivity contribution < 1.29 is 4.74 Å². The van der Waals surface area contributed by atoms with E-state index in [2.05, 4.69) is 18.7 Å². The van der Waals surface area contributed by atoms with E-state index in [4.69, 9.17) is 10.5 Å². The summed E-state index contributed by atoms with van der Waals surface area (Å²) in [5.74, 6) is 0. The number of hydrogen-bond donors (Lipinski definition) is 1. The lowest BCUT2D eigenvalue weighted by atomic mass is 10.1. The van der Waals surface area contributed by atoms with Gasteiger partial charge in [0, 0.05) is 25.2 Å². The number of hydrogen-bond acceptors (Lipinski definition) is 3. The van der Waals surface area contributed by atoms with Crippen molar-refractivity contribution in [3.63, 3.8) is 0 Å². The van der Waals surface area contributed by atoms with Gasteiger partial charge in [0.1, 0.15) is 0 Å². The van der Waals surface area contributed by atoms with Crippen LogP contribution in [-0.4, -0.2) is 43.3 Å². The summed E-state index contributed by atoms with van der Waals surface area (Å²) in [5.41, 5.74) is 5.66. The lowest BCUT2D eigenvalue weighted by Gasteiger charge is -2.38. The first kappa shape index (κ1) is 9.96. The molecule has 0 aromatic carbocycles. The second-order valence-electron chi connectivity index (χ2n) is 3.46. The molecular formula is C9H20N2O. The Morgan fingerprint density at radius 3 is 3.00 bits per heavy atom. The largest absolute Gasteiger partial charge is 0.378 e. The zero-order chi connectivity index (χ0) is 8.97. The summed E-state index contributed by atoms with van der Waals surface area (Å²) in [7, 11) is 0. The maximum Gasteiger partial charge on any atom is 0.0634 e. The van der Waals surface area contributed by atoms with Crippen molar-refractivity contribution in [2.24, 2.45) is 5.73 Å². The second-order valence-corrected chi connectivity index (χ2v) is 3.46. The molecule has 1 heterocycles. The van der Waals surface area contributed by atoms with Crippen LogP contribution in [0.4, 0.5) is 0 Å². The molecule has 1 aliphatic heterocycles. The van der Waals surface area contributed by atoms with Crippen molar-refractivity contribution in [2.45, 2.75) is 32.4 Å². The van der Waals surface area contributed by atoms with E-state index in [9.17, 15) is 0 Å². The molecule has 0 bridgehead atoms. The van der Waals surface area contributed by atoms with Crippen LogP contribution in [0.2, 0.25) is 0 Å². The predicted octanol–water partition coefficient (Wildman–Crippen LogP) is 0.444. The van der Waals surface area contributed by atoms with Gasteiger partial charge in [-0.2, -0.15) is 0 Å². The van der Waals surface area contributed by atoms with Crippen LogP contribution in [-0.2, 0) is 4.74 Å². The number of nitrogens with two attached hydrogens (primary N) is 1. The Hall–Kier alpha value is -0.120. The molecule has 0 spiro atoms. The normalized spacial score (nSPS) is 28.8. The Kier molecular flexibility index (Phi) is 3.98. The Bertz CT molecular complexity index is 130. The van der Waals surface area contributed by atoms with Crippen molar-refractivity contribution >= 4 is 0 Å². The maximum absolute atomic E-state index is 5.66. The van der Waals surface area contributed by atoms with E-state index in [1.165, 1.54) is 6.42 Å². The average Bonchev–Trinajstić information content (AvgIpc) is 2.16. The molecule has 2 atom stereocenters. The molecule has 0 saturated carbocycles. The van der Waals surface area contributed by atoms with Crippen molar-refractivity contribution in [3.8, 4) is 0 Å². The molecule has 2 N–H and O–H groups in total. The van der Waals surface area contributed by atoms with E-state index in [0.717, 1.165) is 19.8 Å². The van der Waals surface area contributed by atoms with Gasteiger partial charge in [-0.25, -0.2) is 0 Å². The third-order valence-electron chi connectivity index (χ3n) is 2.70. The number of rotatable bonds is 3. The predicted molar refractivity (Wildman–Crippen MR) is 50.1 cm³/mol. The van der Waals surface area contributed by atoms with E-state index in [0.29, 0.717) is 18.6 Å². The van der Waals surface area contributed by atoms with Crippen molar-refractivity contribution in [1.29, 1.82) is 0 Å². The Balaban J connectivity index is 2.46. The summed E-state index contributed by atoms with van der Waals surface area (Å²) in [4.78, 5) is 2.46. The zero-order valence-electron chi connectivity index (χ0n) is 8.12. The van der Waals surface area contributed by atoms with Crippen molar-refractivity contribution in [1.82, 2.24) is 4.90 Å². The van der Waals surface area contributed by atoms with E-state index in [1.54, 1.807) is 0 Å². The fraction of sp³-hybridized carbons (Fsp3) is 1.00. The first-order chi connectivity index (χ1) is 5.79. The SMILES string of the molecule is CCC(C)N1CCOCC1CN. The van der Waals surface area contributed by atoms with Crippen LogP contribution in [0.3, 0.4) is 0 Å². The highest BCUT2D eigenvalue weighted by Gasteiger charge is 2.24. The third kappa shape index (κ3) is 2.19. The van der Waals surface area contributed by atoms with Crippen LogP contribution in [0.5, 0.6) is 0 Å². The third-order valence-corrected chi connectivity index (χ3v) is 2.70. The Morgan fingerprint density at radius 1 is 1.67 bits per heavy atom. The minimum atomic E-state index is 0.439. The smallest absolute Gasteiger partial charge is 0.0634 e. The molecule has 72 valence electrons. The first-order valence-electron chi connectivity index (χ1n) is 4.83. The van der Waals surface area contributed by atoms with Gasteiger partial charge in [-0.3, -0.25) is 4.90 Å². The molecule has 0 aromatic rings. The second kappa shape index (κ2) is 4.80. The van der Waals surface area contributed by atoms with Gasteiger partial charge in [0.15, 0.2) is 0 Å². The highest BCUT2D eigenvalue weighted by Crippen LogP contribution is 2.12. The van der Waals surface area contributed by atoms with E-state index >= 15 is 0 Å². The van der Waals surface area contributed by atoms with Gasteiger partial charge >= 0.3 is 0 Å². The topological polar surface area (TPSA) is 38.5 Å². The van der Waals surface area contributed by atoms with Gasteiger partial charge < -0.3 is 10.5 Å². The Labute approximate surface area is 74.9 Å². The monoisotopic (exact) mass is 172 g/mol. The van der Waals surface area contributed by atoms with Gasteiger partial charge in [-0.05, 0) is 13.3 Å². The molecule has 12 heavy (non-hydrogen) atoms. The molecule has 3 heteroatoms. The Morgan fingerprint density at radius 2 is 2.42 bits per heavy atom. The molecule has 1 saturated heterocycles. The summed E-state index contributed by atoms with van der Waals surface area (Å²) in [6, 6.07) is 1.08. The minimum Gasteiger partial charge on any atom is -0.378 e. The van der Waals surface area contributed by atoms with Crippen LogP contribution in [0.25, 0.3) is 0 Å². The number of morpholine rings is 1. The lowest BCUT2D eigenvalue weighted by Crippen LogP contribution is -2.52. The molecule has 0 aliphatic carbocycles. The quantitative estimate of drug-likeness (QED) is 0.671. The molecule has 1 rings (SSSR count). The standard InChI is InChI=1S/C9H20N2O/c1-3-8(2)11-4-5-12-7-9(11)6-10/h8-9H,3-7,10H2,1-2H3. The summed E-state index contributed by atoms with van der Waals surface area (Å²) in [6.07, 6.45) is 1.19. The highest BCUT2D eigenvalue weighted by molar-refractivity contribution is 4.79. The molecule has 0 amide bonds. The minimum absolute atomic E-state index is 0.439. The maximum atomic E-state index is 5.66. The van der Waals surface area contributed by atoms with Crippen molar-refractivity contribution in [3.05, 3.63) is 0 Å². The van der Waals surface area contributed by atoms with E-state index < -0.39 is 0 Å². The molecule has 0 aromatic heterocycles. The molecule has 0 radical (unpaired) electrons. The first-order valence-corrected chi connectivity index (χ1v) is 4.83. The van der Waals surface area contributed by atoms with Gasteiger partial charge in [0.25, 0.3) is 0 Å². The van der Waals surface area contributed by atoms with Gasteiger partial charge in [-0.15, -0.1) is 0 Å². The van der Waals surface area contributed by atoms with Crippen LogP contribution < -0.4 is 5.73 Å². The fourth-order valence-corrected chi connectivity index (χ4v) is 1.69. The summed E-state index contributed by atoms with van der Waals surface area (Å²) < 4.78 is 5.38. The molecule has 1 fully saturated rings. The van der Waals surface area contributed by atoms with Gasteiger partial charge in [0.2, 0.25) is 0 Å². The average molecular weight is 172 g/mol. The van der Waals surface area contributed by atoms with Crippen LogP contribution >= 0.6 is 0 Å².